The number of carbonyl (C=O) groups is 1. The maximum absolute atomic E-state index is 13.7. The summed E-state index contributed by atoms with van der Waals surface area (Å²) in [6, 6.07) is 8.89. The van der Waals surface area contributed by atoms with Gasteiger partial charge in [-0.1, -0.05) is 31.9 Å². The van der Waals surface area contributed by atoms with Crippen LogP contribution in [0.15, 0.2) is 53.5 Å². The molecule has 0 radical (unpaired) electrons. The number of hydrogen-bond acceptors (Lipinski definition) is 6. The van der Waals surface area contributed by atoms with Crippen molar-refractivity contribution in [1.29, 1.82) is 0 Å². The van der Waals surface area contributed by atoms with Crippen LogP contribution in [0.2, 0.25) is 5.02 Å². The molecule has 0 saturated carbocycles. The number of benzene rings is 2. The summed E-state index contributed by atoms with van der Waals surface area (Å²) in [5, 5.41) is 0.0967. The Bertz CT molecular complexity index is 1510. The second kappa shape index (κ2) is 13.2. The minimum atomic E-state index is -3.47. The average molecular weight is 595 g/mol. The zero-order valence-corrected chi connectivity index (χ0v) is 24.7. The van der Waals surface area contributed by atoms with E-state index in [1.54, 1.807) is 26.2 Å². The van der Waals surface area contributed by atoms with Gasteiger partial charge in [-0.05, 0) is 66.4 Å². The van der Waals surface area contributed by atoms with Crippen LogP contribution >= 0.6 is 11.6 Å². The maximum Gasteiger partial charge on any atom is 0.250 e. The lowest BCUT2D eigenvalue weighted by Gasteiger charge is -2.22. The summed E-state index contributed by atoms with van der Waals surface area (Å²) in [6.07, 6.45) is 3.20. The first-order valence-corrected chi connectivity index (χ1v) is 16.1. The molecular weight excluding hydrogens is 563 g/mol. The van der Waals surface area contributed by atoms with E-state index in [-0.39, 0.29) is 33.2 Å². The average Bonchev–Trinajstić information content (AvgIpc) is 2.89. The first-order chi connectivity index (χ1) is 18.4. The second-order valence-electron chi connectivity index (χ2n) is 9.34. The molecule has 39 heavy (non-hydrogen) atoms. The van der Waals surface area contributed by atoms with Gasteiger partial charge in [0.15, 0.2) is 15.6 Å². The van der Waals surface area contributed by atoms with E-state index < -0.39 is 38.8 Å². The first kappa shape index (κ1) is 31.0. The fourth-order valence-electron chi connectivity index (χ4n) is 4.06. The molecule has 0 saturated heterocycles. The molecule has 0 aliphatic rings. The molecule has 0 amide bonds. The third-order valence-electron chi connectivity index (χ3n) is 6.36. The largest absolute Gasteiger partial charge is 0.598 e. The van der Waals surface area contributed by atoms with Crippen molar-refractivity contribution in [3.63, 3.8) is 0 Å². The van der Waals surface area contributed by atoms with Crippen molar-refractivity contribution in [2.45, 2.75) is 45.4 Å². The van der Waals surface area contributed by atoms with Crippen LogP contribution in [0.1, 0.15) is 66.7 Å². The topological polar surface area (TPSA) is 108 Å². The summed E-state index contributed by atoms with van der Waals surface area (Å²) in [7, 11) is -1.91. The quantitative estimate of drug-likeness (QED) is 0.230. The molecule has 2 aromatic carbocycles. The molecule has 1 N–H and O–H groups in total. The van der Waals surface area contributed by atoms with Crippen LogP contribution in [-0.4, -0.2) is 34.8 Å². The van der Waals surface area contributed by atoms with Gasteiger partial charge < -0.3 is 9.12 Å². The smallest absolute Gasteiger partial charge is 0.250 e. The number of sulfone groups is 1. The van der Waals surface area contributed by atoms with Crippen molar-refractivity contribution in [2.24, 2.45) is 7.05 Å². The molecule has 1 aromatic heterocycles. The van der Waals surface area contributed by atoms with Gasteiger partial charge in [0, 0.05) is 58.1 Å². The van der Waals surface area contributed by atoms with E-state index in [0.717, 1.165) is 12.8 Å². The Hall–Kier alpha value is -2.50. The molecule has 0 bridgehead atoms. The summed E-state index contributed by atoms with van der Waals surface area (Å²) >= 11 is 5.14. The van der Waals surface area contributed by atoms with Crippen molar-refractivity contribution < 1.29 is 22.2 Å². The third kappa shape index (κ3) is 7.79. The van der Waals surface area contributed by atoms with Crippen LogP contribution in [0.3, 0.4) is 0 Å². The molecule has 0 aliphatic carbocycles. The lowest BCUT2D eigenvalue weighted by Crippen LogP contribution is -2.30. The van der Waals surface area contributed by atoms with Crippen molar-refractivity contribution in [1.82, 2.24) is 9.29 Å². The van der Waals surface area contributed by atoms with Gasteiger partial charge in [0.25, 0.3) is 5.56 Å². The van der Waals surface area contributed by atoms with Crippen LogP contribution in [0.25, 0.3) is 11.1 Å². The molecule has 3 aromatic rings. The van der Waals surface area contributed by atoms with Crippen molar-refractivity contribution in [2.75, 3.05) is 11.5 Å². The van der Waals surface area contributed by atoms with Gasteiger partial charge in [-0.15, -0.1) is 4.72 Å². The van der Waals surface area contributed by atoms with Crippen LogP contribution in [0, 0.1) is 5.82 Å². The lowest BCUT2D eigenvalue weighted by atomic mass is 9.89. The highest BCUT2D eigenvalue weighted by Crippen LogP contribution is 2.35. The van der Waals surface area contributed by atoms with Crippen LogP contribution in [-0.2, 0) is 34.0 Å². The Kier molecular flexibility index (Phi) is 10.5. The van der Waals surface area contributed by atoms with Crippen LogP contribution in [0.5, 0.6) is 0 Å². The fourth-order valence-corrected chi connectivity index (χ4v) is 6.47. The van der Waals surface area contributed by atoms with Gasteiger partial charge in [-0.25, -0.2) is 12.8 Å². The predicted molar refractivity (Wildman–Crippen MR) is 155 cm³/mol. The zero-order chi connectivity index (χ0) is 28.9. The number of carbonyl (C=O) groups excluding carboxylic acids is 1. The number of unbranched alkanes of at least 4 members (excludes halogenated alkanes) is 1. The third-order valence-corrected chi connectivity index (χ3v) is 9.62. The summed E-state index contributed by atoms with van der Waals surface area (Å²) in [5.41, 5.74) is 1.68. The van der Waals surface area contributed by atoms with E-state index in [2.05, 4.69) is 4.72 Å². The van der Waals surface area contributed by atoms with E-state index in [0.29, 0.717) is 28.0 Å². The molecule has 11 heteroatoms. The maximum atomic E-state index is 13.7. The lowest BCUT2D eigenvalue weighted by molar-refractivity contribution is 0.103. The molecular formula is C28H32ClFN2O5S2. The van der Waals surface area contributed by atoms with E-state index in [1.165, 1.54) is 47.9 Å². The van der Waals surface area contributed by atoms with Gasteiger partial charge in [0.05, 0.1) is 11.8 Å². The molecule has 3 rings (SSSR count). The monoisotopic (exact) mass is 594 g/mol. The highest BCUT2D eigenvalue weighted by atomic mass is 35.5. The molecule has 0 spiro atoms. The Morgan fingerprint density at radius 1 is 1.15 bits per heavy atom. The standard InChI is InChI=1S/C28H32ClFN2O5S2/c1-5-7-12-38(35)31-18(3)22-15-27(33)32(4)16-25(22)23-13-20(17-39(36,37)6-2)26(29)14-24(23)28(34)19-8-10-21(30)11-9-19/h8-11,13-16,18,31H,5-7,12,17H2,1-4H3/t18-,38?/m0/s1. The molecule has 2 atom stereocenters. The number of nitrogens with zero attached hydrogens (tertiary/aromatic N) is 1. The van der Waals surface area contributed by atoms with E-state index >= 15 is 0 Å². The van der Waals surface area contributed by atoms with E-state index in [4.69, 9.17) is 11.6 Å². The van der Waals surface area contributed by atoms with Gasteiger partial charge in [-0.2, -0.15) is 0 Å². The fraction of sp³-hybridized carbons (Fsp3) is 0.357. The SMILES string of the molecule is CCCC[S+]([O-])N[C@@H](C)c1cc(=O)n(C)cc1-c1cc(CS(=O)(=O)CC)c(Cl)cc1C(=O)c1ccc(F)cc1. The highest BCUT2D eigenvalue weighted by Gasteiger charge is 2.25. The highest BCUT2D eigenvalue weighted by molar-refractivity contribution is 7.90. The number of rotatable bonds is 12. The van der Waals surface area contributed by atoms with Gasteiger partial charge in [0.2, 0.25) is 0 Å². The Balaban J connectivity index is 2.26. The predicted octanol–water partition coefficient (Wildman–Crippen LogP) is 5.12. The number of hydrogen-bond donors (Lipinski definition) is 1. The first-order valence-electron chi connectivity index (χ1n) is 12.5. The zero-order valence-electron chi connectivity index (χ0n) is 22.3. The summed E-state index contributed by atoms with van der Waals surface area (Å²) in [4.78, 5) is 26.3. The number of ketones is 1. The van der Waals surface area contributed by atoms with Crippen LogP contribution in [0.4, 0.5) is 4.39 Å². The second-order valence-corrected chi connectivity index (χ2v) is 13.4. The molecule has 0 aliphatic heterocycles. The number of nitrogens with one attached hydrogen (secondary N) is 1. The molecule has 0 fully saturated rings. The summed E-state index contributed by atoms with van der Waals surface area (Å²) in [6.45, 7) is 5.30. The molecule has 1 heterocycles. The van der Waals surface area contributed by atoms with Crippen molar-refractivity contribution >= 4 is 38.6 Å². The summed E-state index contributed by atoms with van der Waals surface area (Å²) < 4.78 is 55.5. The normalized spacial score (nSPS) is 13.3. The van der Waals surface area contributed by atoms with Crippen LogP contribution < -0.4 is 10.3 Å². The van der Waals surface area contributed by atoms with Crippen molar-refractivity contribution in [3.05, 3.63) is 92.1 Å². The van der Waals surface area contributed by atoms with E-state index in [9.17, 15) is 27.0 Å². The number of aryl methyl sites for hydroxylation is 1. The van der Waals surface area contributed by atoms with Gasteiger partial charge in [0.1, 0.15) is 11.6 Å². The molecule has 1 unspecified atom stereocenters. The molecule has 210 valence electrons. The van der Waals surface area contributed by atoms with Gasteiger partial charge in [-0.3, -0.25) is 9.59 Å². The summed E-state index contributed by atoms with van der Waals surface area (Å²) in [5.74, 6) is -0.944. The number of halogens is 2. The Labute approximate surface area is 236 Å². The Morgan fingerprint density at radius 2 is 1.82 bits per heavy atom. The van der Waals surface area contributed by atoms with Gasteiger partial charge >= 0.3 is 0 Å². The number of aromatic nitrogens is 1. The minimum Gasteiger partial charge on any atom is -0.598 e. The van der Waals surface area contributed by atoms with Crippen molar-refractivity contribution in [3.8, 4) is 11.1 Å². The Morgan fingerprint density at radius 3 is 2.44 bits per heavy atom. The van der Waals surface area contributed by atoms with E-state index in [1.807, 2.05) is 6.92 Å². The minimum absolute atomic E-state index is 0.0927. The molecule has 7 nitrogen and oxygen atoms in total. The number of pyridine rings is 1.